The van der Waals surface area contributed by atoms with Gasteiger partial charge in [-0.15, -0.1) is 0 Å². The van der Waals surface area contributed by atoms with Gasteiger partial charge in [-0.05, 0) is 18.6 Å². The van der Waals surface area contributed by atoms with Crippen LogP contribution in [0.3, 0.4) is 0 Å². The van der Waals surface area contributed by atoms with E-state index in [4.69, 9.17) is 4.52 Å². The third-order valence-corrected chi connectivity index (χ3v) is 3.14. The zero-order valence-electron chi connectivity index (χ0n) is 11.5. The van der Waals surface area contributed by atoms with Crippen molar-refractivity contribution in [1.29, 1.82) is 0 Å². The molecule has 0 aliphatic heterocycles. The second-order valence-electron chi connectivity index (χ2n) is 5.25. The summed E-state index contributed by atoms with van der Waals surface area (Å²) in [5.74, 6) is 0.480. The summed E-state index contributed by atoms with van der Waals surface area (Å²) >= 11 is 0. The number of hydrogen-bond acceptors (Lipinski definition) is 4. The molecule has 0 unspecified atom stereocenters. The average Bonchev–Trinajstić information content (AvgIpc) is 2.88. The first-order chi connectivity index (χ1) is 9.04. The molecule has 0 aliphatic rings. The van der Waals surface area contributed by atoms with Gasteiger partial charge in [0.25, 0.3) is 5.89 Å². The molecule has 4 nitrogen and oxygen atoms in total. The number of carbonyl (C=O) groups excluding carboxylic acids is 1. The average molecular weight is 258 g/mol. The zero-order chi connectivity index (χ0) is 13.9. The Bertz CT molecular complexity index is 559. The van der Waals surface area contributed by atoms with Gasteiger partial charge in [0.05, 0.1) is 0 Å². The molecule has 19 heavy (non-hydrogen) atoms. The maximum atomic E-state index is 12.3. The smallest absolute Gasteiger partial charge is 0.258 e. The molecule has 4 heteroatoms. The first kappa shape index (κ1) is 13.5. The van der Waals surface area contributed by atoms with E-state index in [1.54, 1.807) is 0 Å². The molecule has 0 N–H and O–H groups in total. The van der Waals surface area contributed by atoms with Crippen molar-refractivity contribution in [1.82, 2.24) is 10.1 Å². The minimum absolute atomic E-state index is 0.0692. The summed E-state index contributed by atoms with van der Waals surface area (Å²) in [5, 5.41) is 3.81. The van der Waals surface area contributed by atoms with Crippen molar-refractivity contribution in [3.05, 3.63) is 36.2 Å². The summed E-state index contributed by atoms with van der Waals surface area (Å²) in [7, 11) is 0. The Morgan fingerprint density at radius 3 is 2.58 bits per heavy atom. The van der Waals surface area contributed by atoms with Crippen molar-refractivity contribution in [2.24, 2.45) is 5.41 Å². The van der Waals surface area contributed by atoms with E-state index in [0.717, 1.165) is 18.4 Å². The highest BCUT2D eigenvalue weighted by Gasteiger charge is 2.31. The second-order valence-corrected chi connectivity index (χ2v) is 5.25. The van der Waals surface area contributed by atoms with Crippen molar-refractivity contribution in [2.45, 2.75) is 33.6 Å². The van der Waals surface area contributed by atoms with Crippen LogP contribution in [0.1, 0.15) is 44.2 Å². The van der Waals surface area contributed by atoms with Gasteiger partial charge in [0.2, 0.25) is 11.6 Å². The molecule has 0 saturated carbocycles. The monoisotopic (exact) mass is 258 g/mol. The van der Waals surface area contributed by atoms with E-state index in [0.29, 0.717) is 5.89 Å². The molecule has 1 aromatic heterocycles. The van der Waals surface area contributed by atoms with E-state index in [9.17, 15) is 4.79 Å². The molecule has 0 saturated heterocycles. The second kappa shape index (κ2) is 5.34. The molecule has 2 aromatic rings. The molecule has 0 spiro atoms. The van der Waals surface area contributed by atoms with Crippen LogP contribution < -0.4 is 0 Å². The Morgan fingerprint density at radius 2 is 1.95 bits per heavy atom. The van der Waals surface area contributed by atoms with Gasteiger partial charge in [0.15, 0.2) is 0 Å². The summed E-state index contributed by atoms with van der Waals surface area (Å²) in [6.07, 6.45) is 1.75. The van der Waals surface area contributed by atoms with Crippen molar-refractivity contribution in [2.75, 3.05) is 0 Å². The molecular formula is C15H18N2O2. The van der Waals surface area contributed by atoms with Gasteiger partial charge in [-0.25, -0.2) is 0 Å². The van der Waals surface area contributed by atoms with E-state index in [-0.39, 0.29) is 11.6 Å². The van der Waals surface area contributed by atoms with Crippen LogP contribution in [0.15, 0.2) is 34.9 Å². The zero-order valence-corrected chi connectivity index (χ0v) is 11.5. The molecule has 0 aliphatic carbocycles. The van der Waals surface area contributed by atoms with E-state index in [1.165, 1.54) is 0 Å². The highest BCUT2D eigenvalue weighted by atomic mass is 16.5. The fraction of sp³-hybridized carbons (Fsp3) is 0.400. The van der Waals surface area contributed by atoms with Crippen molar-refractivity contribution >= 4 is 5.78 Å². The number of nitrogens with zero attached hydrogens (tertiary/aromatic N) is 2. The van der Waals surface area contributed by atoms with Gasteiger partial charge in [-0.1, -0.05) is 50.5 Å². The molecule has 0 bridgehead atoms. The first-order valence-electron chi connectivity index (χ1n) is 6.48. The van der Waals surface area contributed by atoms with Gasteiger partial charge in [-0.2, -0.15) is 4.98 Å². The Hall–Kier alpha value is -1.97. The SMILES string of the molecule is CCCC(C)(C)C(=O)c1noc(-c2ccccc2)n1. The fourth-order valence-corrected chi connectivity index (χ4v) is 2.05. The number of aromatic nitrogens is 2. The maximum absolute atomic E-state index is 12.3. The summed E-state index contributed by atoms with van der Waals surface area (Å²) in [4.78, 5) is 16.5. The lowest BCUT2D eigenvalue weighted by Crippen LogP contribution is -2.25. The molecular weight excluding hydrogens is 240 g/mol. The number of hydrogen-bond donors (Lipinski definition) is 0. The standard InChI is InChI=1S/C15H18N2O2/c1-4-10-15(2,3)12(18)13-16-14(19-17-13)11-8-6-5-7-9-11/h5-9H,4,10H2,1-3H3. The molecule has 0 amide bonds. The van der Waals surface area contributed by atoms with Crippen LogP contribution in [-0.4, -0.2) is 15.9 Å². The fourth-order valence-electron chi connectivity index (χ4n) is 2.05. The quantitative estimate of drug-likeness (QED) is 0.766. The highest BCUT2D eigenvalue weighted by molar-refractivity contribution is 5.96. The highest BCUT2D eigenvalue weighted by Crippen LogP contribution is 2.27. The third kappa shape index (κ3) is 2.89. The normalized spacial score (nSPS) is 11.5. The van der Waals surface area contributed by atoms with Crippen LogP contribution >= 0.6 is 0 Å². The first-order valence-corrected chi connectivity index (χ1v) is 6.48. The van der Waals surface area contributed by atoms with Crippen LogP contribution in [0, 0.1) is 5.41 Å². The van der Waals surface area contributed by atoms with Gasteiger partial charge in [0.1, 0.15) is 0 Å². The van der Waals surface area contributed by atoms with E-state index >= 15 is 0 Å². The summed E-state index contributed by atoms with van der Waals surface area (Å²) < 4.78 is 5.16. The molecule has 0 atom stereocenters. The third-order valence-electron chi connectivity index (χ3n) is 3.14. The van der Waals surface area contributed by atoms with Crippen LogP contribution in [0.2, 0.25) is 0 Å². The van der Waals surface area contributed by atoms with Crippen molar-refractivity contribution in [3.63, 3.8) is 0 Å². The topological polar surface area (TPSA) is 56.0 Å². The Morgan fingerprint density at radius 1 is 1.26 bits per heavy atom. The number of Topliss-reactive ketones (excluding diaryl/α,β-unsaturated/α-hetero) is 1. The van der Waals surface area contributed by atoms with Crippen LogP contribution in [0.5, 0.6) is 0 Å². The molecule has 0 radical (unpaired) electrons. The van der Waals surface area contributed by atoms with E-state index in [2.05, 4.69) is 17.1 Å². The number of ketones is 1. The largest absolute Gasteiger partial charge is 0.334 e. The lowest BCUT2D eigenvalue weighted by Gasteiger charge is -2.19. The van der Waals surface area contributed by atoms with E-state index in [1.807, 2.05) is 44.2 Å². The van der Waals surface area contributed by atoms with Gasteiger partial charge < -0.3 is 4.52 Å². The maximum Gasteiger partial charge on any atom is 0.258 e. The number of carbonyl (C=O) groups is 1. The van der Waals surface area contributed by atoms with Crippen LogP contribution in [-0.2, 0) is 0 Å². The lowest BCUT2D eigenvalue weighted by atomic mass is 9.83. The van der Waals surface area contributed by atoms with Gasteiger partial charge in [0, 0.05) is 11.0 Å². The minimum Gasteiger partial charge on any atom is -0.334 e. The molecule has 2 rings (SSSR count). The number of benzene rings is 1. The molecule has 100 valence electrons. The van der Waals surface area contributed by atoms with Crippen molar-refractivity contribution in [3.8, 4) is 11.5 Å². The lowest BCUT2D eigenvalue weighted by molar-refractivity contribution is 0.0810. The van der Waals surface area contributed by atoms with Gasteiger partial charge >= 0.3 is 0 Å². The predicted molar refractivity (Wildman–Crippen MR) is 72.8 cm³/mol. The minimum atomic E-state index is -0.452. The van der Waals surface area contributed by atoms with Crippen LogP contribution in [0.25, 0.3) is 11.5 Å². The summed E-state index contributed by atoms with van der Waals surface area (Å²) in [5.41, 5.74) is 0.370. The summed E-state index contributed by atoms with van der Waals surface area (Å²) in [6, 6.07) is 9.44. The Balaban J connectivity index is 2.25. The molecule has 0 fully saturated rings. The Labute approximate surface area is 112 Å². The van der Waals surface area contributed by atoms with Gasteiger partial charge in [-0.3, -0.25) is 4.79 Å². The van der Waals surface area contributed by atoms with Crippen molar-refractivity contribution < 1.29 is 9.32 Å². The summed E-state index contributed by atoms with van der Waals surface area (Å²) in [6.45, 7) is 5.88. The number of rotatable bonds is 5. The Kier molecular flexibility index (Phi) is 3.79. The molecule has 1 heterocycles. The predicted octanol–water partition coefficient (Wildman–Crippen LogP) is 3.75. The van der Waals surface area contributed by atoms with Crippen LogP contribution in [0.4, 0.5) is 0 Å². The van der Waals surface area contributed by atoms with E-state index < -0.39 is 5.41 Å². The molecule has 1 aromatic carbocycles.